The summed E-state index contributed by atoms with van der Waals surface area (Å²) >= 11 is 0. The zero-order valence-corrected chi connectivity index (χ0v) is 42.6. The Labute approximate surface area is 428 Å². The lowest BCUT2D eigenvalue weighted by Gasteiger charge is -2.48. The van der Waals surface area contributed by atoms with Crippen LogP contribution in [-0.4, -0.2) is 15.8 Å². The number of hydrogen-bond donors (Lipinski definition) is 0. The Morgan fingerprint density at radius 3 is 1.42 bits per heavy atom. The summed E-state index contributed by atoms with van der Waals surface area (Å²) < 4.78 is 5.04. The van der Waals surface area contributed by atoms with E-state index in [9.17, 15) is 0 Å². The standard InChI is InChI=1S/C69H56BN3/c1-43-57(71-59-30-18-14-26-50(59)51-27-15-19-31-60(51)71)38-36-55-65(43)69(6,7)54-41-48(68(3,4)5)42-64-66(54)70(55)56-37-39-58(72-61-32-20-16-28-52(61)53-29-17-21-33-62(53)72)44(2)67(56)73(64)63-40-47(45-22-10-8-11-23-45)34-35-49(63)46-24-12-9-13-25-46/h8-42H,1-7H3. The highest BCUT2D eigenvalue weighted by molar-refractivity contribution is 6.99. The Hall–Kier alpha value is -8.34. The maximum Gasteiger partial charge on any atom is 0.247 e. The molecule has 12 aromatic rings. The summed E-state index contributed by atoms with van der Waals surface area (Å²) in [5, 5.41) is 5.08. The van der Waals surface area contributed by atoms with Crippen LogP contribution in [0, 0.1) is 13.8 Å². The number of fused-ring (bicyclic) bond motifs is 10. The molecule has 73 heavy (non-hydrogen) atoms. The van der Waals surface area contributed by atoms with Crippen molar-refractivity contribution in [3.8, 4) is 33.6 Å². The van der Waals surface area contributed by atoms with Crippen molar-refractivity contribution in [3.63, 3.8) is 0 Å². The smallest absolute Gasteiger partial charge is 0.247 e. The first-order valence-corrected chi connectivity index (χ1v) is 26.0. The molecule has 4 heterocycles. The minimum atomic E-state index is -0.356. The molecule has 0 N–H and O–H groups in total. The van der Waals surface area contributed by atoms with E-state index in [1.807, 2.05) is 0 Å². The Morgan fingerprint density at radius 1 is 0.411 bits per heavy atom. The van der Waals surface area contributed by atoms with Gasteiger partial charge in [0.15, 0.2) is 0 Å². The molecule has 0 aliphatic carbocycles. The first kappa shape index (κ1) is 43.5. The molecule has 0 atom stereocenters. The fraction of sp³-hybridized carbons (Fsp3) is 0.130. The molecule has 0 saturated carbocycles. The average Bonchev–Trinajstić information content (AvgIpc) is 3.93. The van der Waals surface area contributed by atoms with Crippen molar-refractivity contribution in [3.05, 3.63) is 240 Å². The van der Waals surface area contributed by atoms with Gasteiger partial charge < -0.3 is 14.0 Å². The molecule has 0 amide bonds. The molecule has 4 heteroatoms. The first-order valence-electron chi connectivity index (χ1n) is 26.0. The van der Waals surface area contributed by atoms with Gasteiger partial charge in [0, 0.05) is 49.6 Å². The molecule has 0 bridgehead atoms. The number of nitrogens with zero attached hydrogens (tertiary/aromatic N) is 3. The van der Waals surface area contributed by atoms with Crippen LogP contribution < -0.4 is 21.3 Å². The molecule has 0 radical (unpaired) electrons. The van der Waals surface area contributed by atoms with E-state index in [0.717, 1.165) is 0 Å². The second-order valence-electron chi connectivity index (χ2n) is 22.1. The van der Waals surface area contributed by atoms with E-state index < -0.39 is 0 Å². The van der Waals surface area contributed by atoms with Crippen LogP contribution in [0.15, 0.2) is 212 Å². The van der Waals surface area contributed by atoms with Gasteiger partial charge in [-0.2, -0.15) is 0 Å². The van der Waals surface area contributed by atoms with Gasteiger partial charge in [0.1, 0.15) is 0 Å². The Morgan fingerprint density at radius 2 is 0.890 bits per heavy atom. The van der Waals surface area contributed by atoms with Crippen molar-refractivity contribution in [2.24, 2.45) is 0 Å². The van der Waals surface area contributed by atoms with E-state index >= 15 is 0 Å². The highest BCUT2D eigenvalue weighted by atomic mass is 15.2. The molecule has 2 aliphatic rings. The molecule has 14 rings (SSSR count). The number of anilines is 3. The van der Waals surface area contributed by atoms with Crippen molar-refractivity contribution < 1.29 is 0 Å². The third-order valence-electron chi connectivity index (χ3n) is 16.7. The molecule has 350 valence electrons. The quantitative estimate of drug-likeness (QED) is 0.157. The third-order valence-corrected chi connectivity index (χ3v) is 16.7. The van der Waals surface area contributed by atoms with Crippen molar-refractivity contribution in [2.75, 3.05) is 4.90 Å². The minimum absolute atomic E-state index is 0.0254. The van der Waals surface area contributed by atoms with Crippen LogP contribution in [-0.2, 0) is 10.8 Å². The summed E-state index contributed by atoms with van der Waals surface area (Å²) in [7, 11) is 0. The fourth-order valence-corrected chi connectivity index (χ4v) is 13.3. The van der Waals surface area contributed by atoms with Gasteiger partial charge >= 0.3 is 0 Å². The van der Waals surface area contributed by atoms with Crippen molar-refractivity contribution in [2.45, 2.75) is 59.3 Å². The maximum atomic E-state index is 2.70. The third kappa shape index (κ3) is 6.26. The Balaban J connectivity index is 1.12. The van der Waals surface area contributed by atoms with Crippen LogP contribution in [0.5, 0.6) is 0 Å². The van der Waals surface area contributed by atoms with Crippen molar-refractivity contribution >= 4 is 83.8 Å². The number of rotatable bonds is 5. The van der Waals surface area contributed by atoms with Gasteiger partial charge in [0.2, 0.25) is 6.71 Å². The molecular weight excluding hydrogens is 882 g/mol. The Bertz CT molecular complexity index is 4140. The summed E-state index contributed by atoms with van der Waals surface area (Å²) in [6.45, 7) is 16.9. The lowest BCUT2D eigenvalue weighted by Crippen LogP contribution is -2.64. The molecule has 2 aliphatic heterocycles. The first-order chi connectivity index (χ1) is 35.5. The molecule has 2 aromatic heterocycles. The van der Waals surface area contributed by atoms with E-state index in [1.54, 1.807) is 0 Å². The predicted octanol–water partition coefficient (Wildman–Crippen LogP) is 16.1. The zero-order chi connectivity index (χ0) is 49.5. The average molecular weight is 938 g/mol. The van der Waals surface area contributed by atoms with Crippen LogP contribution in [0.1, 0.15) is 62.4 Å². The molecule has 10 aromatic carbocycles. The summed E-state index contributed by atoms with van der Waals surface area (Å²) in [5.74, 6) is 0. The van der Waals surface area contributed by atoms with Gasteiger partial charge in [-0.15, -0.1) is 0 Å². The number of aromatic nitrogens is 2. The molecule has 0 saturated heterocycles. The SMILES string of the molecule is Cc1c(-n2c3ccccc3c3ccccc32)ccc2c1N(c1cc(-c3ccccc3)ccc1-c1ccccc1)c1cc(C(C)(C)C)cc3c1B2c1ccc(-n2c4ccccc4c4ccccc42)c(C)c1C3(C)C. The van der Waals surface area contributed by atoms with E-state index in [2.05, 4.69) is 275 Å². The van der Waals surface area contributed by atoms with Crippen LogP contribution in [0.4, 0.5) is 17.1 Å². The van der Waals surface area contributed by atoms with E-state index in [-0.39, 0.29) is 17.5 Å². The van der Waals surface area contributed by atoms with Crippen molar-refractivity contribution in [1.82, 2.24) is 9.13 Å². The number of benzene rings is 10. The van der Waals surface area contributed by atoms with Gasteiger partial charge in [-0.05, 0) is 123 Å². The topological polar surface area (TPSA) is 13.1 Å². The Kier molecular flexibility index (Phi) is 9.42. The van der Waals surface area contributed by atoms with Crippen LogP contribution in [0.25, 0.3) is 77.2 Å². The summed E-state index contributed by atoms with van der Waals surface area (Å²) in [4.78, 5) is 2.70. The zero-order valence-electron chi connectivity index (χ0n) is 42.6. The van der Waals surface area contributed by atoms with Gasteiger partial charge in [0.25, 0.3) is 0 Å². The van der Waals surface area contributed by atoms with Gasteiger partial charge in [-0.1, -0.05) is 204 Å². The number of hydrogen-bond acceptors (Lipinski definition) is 1. The second-order valence-corrected chi connectivity index (χ2v) is 22.1. The van der Waals surface area contributed by atoms with E-state index in [4.69, 9.17) is 0 Å². The maximum absolute atomic E-state index is 2.70. The lowest BCUT2D eigenvalue weighted by atomic mass is 9.29. The molecule has 0 unspecified atom stereocenters. The van der Waals surface area contributed by atoms with E-state index in [1.165, 1.54) is 139 Å². The van der Waals surface area contributed by atoms with Gasteiger partial charge in [-0.25, -0.2) is 0 Å². The monoisotopic (exact) mass is 937 g/mol. The minimum Gasteiger partial charge on any atom is -0.311 e. The van der Waals surface area contributed by atoms with Crippen LogP contribution in [0.2, 0.25) is 0 Å². The fourth-order valence-electron chi connectivity index (χ4n) is 13.3. The summed E-state index contributed by atoms with van der Waals surface area (Å²) in [6, 6.07) is 79.7. The molecule has 0 fully saturated rings. The largest absolute Gasteiger partial charge is 0.311 e. The highest BCUT2D eigenvalue weighted by Crippen LogP contribution is 2.51. The molecular formula is C69H56BN3. The normalized spacial score (nSPS) is 13.7. The predicted molar refractivity (Wildman–Crippen MR) is 312 cm³/mol. The summed E-state index contributed by atoms with van der Waals surface area (Å²) in [5.41, 5.74) is 26.1. The number of para-hydroxylation sites is 4. The molecule has 0 spiro atoms. The van der Waals surface area contributed by atoms with Crippen LogP contribution in [0.3, 0.4) is 0 Å². The highest BCUT2D eigenvalue weighted by Gasteiger charge is 2.48. The summed E-state index contributed by atoms with van der Waals surface area (Å²) in [6.07, 6.45) is 0. The lowest BCUT2D eigenvalue weighted by molar-refractivity contribution is 0.582. The van der Waals surface area contributed by atoms with Gasteiger partial charge in [-0.3, -0.25) is 0 Å². The van der Waals surface area contributed by atoms with Crippen molar-refractivity contribution in [1.29, 1.82) is 0 Å². The van der Waals surface area contributed by atoms with E-state index in [0.29, 0.717) is 0 Å². The van der Waals surface area contributed by atoms with Gasteiger partial charge in [0.05, 0.1) is 33.4 Å². The molecule has 3 nitrogen and oxygen atoms in total. The second kappa shape index (κ2) is 15.8. The van der Waals surface area contributed by atoms with Crippen LogP contribution >= 0.6 is 0 Å².